The summed E-state index contributed by atoms with van der Waals surface area (Å²) in [6.45, 7) is 3.90. The highest BCUT2D eigenvalue weighted by atomic mass is 32.2. The number of carbonyl (C=O) groups excluding carboxylic acids is 1. The highest BCUT2D eigenvalue weighted by Crippen LogP contribution is 2.23. The Balaban J connectivity index is 1.85. The van der Waals surface area contributed by atoms with Crippen molar-refractivity contribution in [1.29, 1.82) is 0 Å². The van der Waals surface area contributed by atoms with Gasteiger partial charge < -0.3 is 5.32 Å². The minimum absolute atomic E-state index is 0.217. The number of hydrogen-bond acceptors (Lipinski definition) is 6. The van der Waals surface area contributed by atoms with Gasteiger partial charge in [0.15, 0.2) is 5.65 Å². The number of hydrogen-bond donors (Lipinski definition) is 2. The standard InChI is InChI=1S/C16H19N5O3S2/c1-9-7-12(14-10(2)20-21(4)15(14)19-9)16(22)18-8-11-5-6-13(25-11)26(23,24)17-3/h5-7,17H,8H2,1-4H3,(H,18,22). The average Bonchev–Trinajstić information content (AvgIpc) is 3.18. The third kappa shape index (κ3) is 3.35. The molecular formula is C16H19N5O3S2. The second-order valence-electron chi connectivity index (χ2n) is 5.83. The summed E-state index contributed by atoms with van der Waals surface area (Å²) in [6, 6.07) is 4.95. The lowest BCUT2D eigenvalue weighted by molar-refractivity contribution is 0.0952. The normalized spacial score (nSPS) is 11.8. The molecule has 138 valence electrons. The number of thiophene rings is 1. The Bertz CT molecular complexity index is 1100. The summed E-state index contributed by atoms with van der Waals surface area (Å²) in [6.07, 6.45) is 0. The number of fused-ring (bicyclic) bond motifs is 1. The molecule has 0 spiro atoms. The second kappa shape index (κ2) is 6.78. The topological polar surface area (TPSA) is 106 Å². The number of amides is 1. The molecule has 3 rings (SSSR count). The molecule has 0 aromatic carbocycles. The van der Waals surface area contributed by atoms with Gasteiger partial charge in [-0.3, -0.25) is 9.48 Å². The number of nitrogens with zero attached hydrogens (tertiary/aromatic N) is 3. The van der Waals surface area contributed by atoms with E-state index in [0.717, 1.165) is 33.0 Å². The molecule has 0 fully saturated rings. The molecule has 8 nitrogen and oxygen atoms in total. The third-order valence-corrected chi connectivity index (χ3v) is 6.93. The van der Waals surface area contributed by atoms with Crippen LogP contribution < -0.4 is 10.0 Å². The zero-order chi connectivity index (χ0) is 19.1. The van der Waals surface area contributed by atoms with Gasteiger partial charge in [-0.1, -0.05) is 0 Å². The maximum Gasteiger partial charge on any atom is 0.252 e. The number of pyridine rings is 1. The van der Waals surface area contributed by atoms with Crippen LogP contribution in [0, 0.1) is 13.8 Å². The predicted octanol–water partition coefficient (Wildman–Crippen LogP) is 1.48. The molecule has 0 radical (unpaired) electrons. The van der Waals surface area contributed by atoms with Gasteiger partial charge in [0.1, 0.15) is 4.21 Å². The van der Waals surface area contributed by atoms with Gasteiger partial charge in [-0.15, -0.1) is 11.3 Å². The van der Waals surface area contributed by atoms with Gasteiger partial charge in [0.25, 0.3) is 5.91 Å². The van der Waals surface area contributed by atoms with E-state index in [-0.39, 0.29) is 16.7 Å². The van der Waals surface area contributed by atoms with E-state index in [1.54, 1.807) is 23.9 Å². The fourth-order valence-electron chi connectivity index (χ4n) is 2.71. The van der Waals surface area contributed by atoms with E-state index in [2.05, 4.69) is 20.1 Å². The molecule has 2 N–H and O–H groups in total. The summed E-state index contributed by atoms with van der Waals surface area (Å²) < 4.78 is 27.7. The van der Waals surface area contributed by atoms with E-state index in [9.17, 15) is 13.2 Å². The second-order valence-corrected chi connectivity index (χ2v) is 9.11. The molecule has 0 saturated carbocycles. The summed E-state index contributed by atoms with van der Waals surface area (Å²) in [5.74, 6) is -0.247. The summed E-state index contributed by atoms with van der Waals surface area (Å²) >= 11 is 1.12. The summed E-state index contributed by atoms with van der Waals surface area (Å²) in [4.78, 5) is 17.9. The molecule has 0 saturated heterocycles. The van der Waals surface area contributed by atoms with Crippen molar-refractivity contribution in [1.82, 2.24) is 24.8 Å². The maximum atomic E-state index is 12.7. The first-order valence-electron chi connectivity index (χ1n) is 7.84. The smallest absolute Gasteiger partial charge is 0.252 e. The van der Waals surface area contributed by atoms with Crippen LogP contribution in [0.4, 0.5) is 0 Å². The van der Waals surface area contributed by atoms with Crippen LogP contribution >= 0.6 is 11.3 Å². The molecule has 0 bridgehead atoms. The molecule has 10 heteroatoms. The monoisotopic (exact) mass is 393 g/mol. The van der Waals surface area contributed by atoms with Crippen LogP contribution in [-0.4, -0.2) is 36.1 Å². The molecule has 0 atom stereocenters. The van der Waals surface area contributed by atoms with Crippen LogP contribution in [0.2, 0.25) is 0 Å². The van der Waals surface area contributed by atoms with Crippen molar-refractivity contribution in [2.45, 2.75) is 24.6 Å². The van der Waals surface area contributed by atoms with E-state index < -0.39 is 10.0 Å². The van der Waals surface area contributed by atoms with Crippen molar-refractivity contribution in [2.75, 3.05) is 7.05 Å². The zero-order valence-electron chi connectivity index (χ0n) is 14.8. The summed E-state index contributed by atoms with van der Waals surface area (Å²) in [7, 11) is -0.314. The lowest BCUT2D eigenvalue weighted by atomic mass is 10.1. The van der Waals surface area contributed by atoms with Gasteiger partial charge >= 0.3 is 0 Å². The third-order valence-electron chi connectivity index (χ3n) is 3.94. The van der Waals surface area contributed by atoms with Crippen LogP contribution in [0.1, 0.15) is 26.6 Å². The molecule has 3 heterocycles. The number of carbonyl (C=O) groups is 1. The van der Waals surface area contributed by atoms with E-state index in [4.69, 9.17) is 0 Å². The van der Waals surface area contributed by atoms with E-state index in [0.29, 0.717) is 11.2 Å². The fraction of sp³-hybridized carbons (Fsp3) is 0.312. The van der Waals surface area contributed by atoms with Gasteiger partial charge in [-0.2, -0.15) is 5.10 Å². The quantitative estimate of drug-likeness (QED) is 0.683. The minimum Gasteiger partial charge on any atom is -0.347 e. The SMILES string of the molecule is CNS(=O)(=O)c1ccc(CNC(=O)c2cc(C)nc3c2c(C)nn3C)s1. The van der Waals surface area contributed by atoms with Crippen LogP contribution in [0.25, 0.3) is 11.0 Å². The molecule has 0 aliphatic carbocycles. The molecule has 0 unspecified atom stereocenters. The lowest BCUT2D eigenvalue weighted by Crippen LogP contribution is -2.23. The van der Waals surface area contributed by atoms with Crippen molar-refractivity contribution in [3.05, 3.63) is 40.0 Å². The van der Waals surface area contributed by atoms with Gasteiger partial charge in [0.05, 0.1) is 23.2 Å². The van der Waals surface area contributed by atoms with Crippen LogP contribution in [0.3, 0.4) is 0 Å². The number of nitrogens with one attached hydrogen (secondary N) is 2. The molecule has 1 amide bonds. The predicted molar refractivity (Wildman–Crippen MR) is 99.7 cm³/mol. The molecular weight excluding hydrogens is 374 g/mol. The molecule has 3 aromatic rings. The first kappa shape index (κ1) is 18.5. The summed E-state index contributed by atoms with van der Waals surface area (Å²) in [5, 5.41) is 7.90. The Morgan fingerprint density at radius 2 is 2.04 bits per heavy atom. The van der Waals surface area contributed by atoms with Crippen molar-refractivity contribution >= 4 is 38.3 Å². The molecule has 3 aromatic heterocycles. The zero-order valence-corrected chi connectivity index (χ0v) is 16.5. The van der Waals surface area contributed by atoms with Crippen molar-refractivity contribution < 1.29 is 13.2 Å². The van der Waals surface area contributed by atoms with Crippen molar-refractivity contribution in [3.63, 3.8) is 0 Å². The van der Waals surface area contributed by atoms with Crippen LogP contribution in [0.15, 0.2) is 22.4 Å². The molecule has 0 aliphatic heterocycles. The van der Waals surface area contributed by atoms with Crippen molar-refractivity contribution in [3.8, 4) is 0 Å². The molecule has 26 heavy (non-hydrogen) atoms. The van der Waals surface area contributed by atoms with E-state index in [1.807, 2.05) is 13.8 Å². The molecule has 0 aliphatic rings. The minimum atomic E-state index is -3.47. The van der Waals surface area contributed by atoms with Crippen molar-refractivity contribution in [2.24, 2.45) is 7.05 Å². The Hall–Kier alpha value is -2.30. The highest BCUT2D eigenvalue weighted by molar-refractivity contribution is 7.91. The van der Waals surface area contributed by atoms with Crippen LogP contribution in [-0.2, 0) is 23.6 Å². The summed E-state index contributed by atoms with van der Waals surface area (Å²) in [5.41, 5.74) is 2.63. The van der Waals surface area contributed by atoms with Gasteiger partial charge in [-0.25, -0.2) is 18.1 Å². The number of aryl methyl sites for hydroxylation is 3. The lowest BCUT2D eigenvalue weighted by Gasteiger charge is -2.07. The van der Waals surface area contributed by atoms with E-state index >= 15 is 0 Å². The first-order valence-corrected chi connectivity index (χ1v) is 10.1. The Morgan fingerprint density at radius 1 is 1.31 bits per heavy atom. The Kier molecular flexibility index (Phi) is 4.82. The Morgan fingerprint density at radius 3 is 2.73 bits per heavy atom. The van der Waals surface area contributed by atoms with E-state index in [1.165, 1.54) is 13.1 Å². The highest BCUT2D eigenvalue weighted by Gasteiger charge is 2.18. The first-order chi connectivity index (χ1) is 12.2. The van der Waals surface area contributed by atoms with Crippen LogP contribution in [0.5, 0.6) is 0 Å². The average molecular weight is 393 g/mol. The fourth-order valence-corrected chi connectivity index (χ4v) is 4.84. The van der Waals surface area contributed by atoms with Gasteiger partial charge in [-0.05, 0) is 39.1 Å². The maximum absolute atomic E-state index is 12.7. The number of sulfonamides is 1. The largest absolute Gasteiger partial charge is 0.347 e. The Labute approximate surface area is 155 Å². The van der Waals surface area contributed by atoms with Gasteiger partial charge in [0, 0.05) is 17.6 Å². The number of rotatable bonds is 5. The number of aromatic nitrogens is 3. The van der Waals surface area contributed by atoms with Gasteiger partial charge in [0.2, 0.25) is 10.0 Å².